The largest absolute Gasteiger partial charge is 0.394 e. The highest BCUT2D eigenvalue weighted by atomic mass is 19.1. The molecule has 0 saturated heterocycles. The third kappa shape index (κ3) is 5.37. The molecule has 2 aromatic rings. The summed E-state index contributed by atoms with van der Waals surface area (Å²) in [6.45, 7) is 2.49. The van der Waals surface area contributed by atoms with E-state index in [0.717, 1.165) is 11.1 Å². The van der Waals surface area contributed by atoms with Crippen molar-refractivity contribution in [2.75, 3.05) is 19.7 Å². The number of aliphatic hydroxyl groups is 1. The fraction of sp³-hybridized carbons (Fsp3) is 0.350. The monoisotopic (exact) mass is 344 g/mol. The lowest BCUT2D eigenvalue weighted by Crippen LogP contribution is -2.49. The molecule has 0 heterocycles. The Morgan fingerprint density at radius 3 is 2.40 bits per heavy atom. The Morgan fingerprint density at radius 2 is 1.80 bits per heavy atom. The standard InChI is InChI=1S/C20H25FN2O2/c1-2-20(15-24,17-6-4-3-5-7-17)23-14-19(25)22-13-12-16-8-10-18(21)11-9-16/h3-11,23-24H,2,12-15H2,1H3,(H,22,25)/t20-/m0/s1. The summed E-state index contributed by atoms with van der Waals surface area (Å²) < 4.78 is 12.9. The van der Waals surface area contributed by atoms with E-state index >= 15 is 0 Å². The maximum atomic E-state index is 12.9. The molecule has 2 rings (SSSR count). The first-order valence-corrected chi connectivity index (χ1v) is 8.52. The molecule has 134 valence electrons. The average Bonchev–Trinajstić information content (AvgIpc) is 2.65. The first-order chi connectivity index (χ1) is 12.1. The molecule has 3 N–H and O–H groups in total. The minimum atomic E-state index is -0.629. The fourth-order valence-corrected chi connectivity index (χ4v) is 2.76. The molecule has 0 aliphatic carbocycles. The second kappa shape index (κ2) is 9.30. The second-order valence-electron chi connectivity index (χ2n) is 6.04. The molecule has 2 aromatic carbocycles. The summed E-state index contributed by atoms with van der Waals surface area (Å²) in [4.78, 5) is 12.1. The molecule has 0 unspecified atom stereocenters. The van der Waals surface area contributed by atoms with Gasteiger partial charge >= 0.3 is 0 Å². The molecule has 1 amide bonds. The van der Waals surface area contributed by atoms with Crippen molar-refractivity contribution in [2.24, 2.45) is 0 Å². The van der Waals surface area contributed by atoms with E-state index in [1.54, 1.807) is 12.1 Å². The SMILES string of the molecule is CC[C@@](CO)(NCC(=O)NCCc1ccc(F)cc1)c1ccccc1. The third-order valence-electron chi connectivity index (χ3n) is 4.44. The molecule has 25 heavy (non-hydrogen) atoms. The number of halogens is 1. The van der Waals surface area contributed by atoms with E-state index in [1.165, 1.54) is 12.1 Å². The van der Waals surface area contributed by atoms with Gasteiger partial charge in [0.15, 0.2) is 0 Å². The highest BCUT2D eigenvalue weighted by Crippen LogP contribution is 2.24. The number of amides is 1. The first kappa shape index (κ1) is 19.1. The van der Waals surface area contributed by atoms with Crippen LogP contribution in [0.15, 0.2) is 54.6 Å². The van der Waals surface area contributed by atoms with Gasteiger partial charge < -0.3 is 10.4 Å². The van der Waals surface area contributed by atoms with Crippen molar-refractivity contribution < 1.29 is 14.3 Å². The lowest BCUT2D eigenvalue weighted by Gasteiger charge is -2.32. The maximum Gasteiger partial charge on any atom is 0.233 e. The Morgan fingerprint density at radius 1 is 1.12 bits per heavy atom. The summed E-state index contributed by atoms with van der Waals surface area (Å²) in [6, 6.07) is 15.9. The van der Waals surface area contributed by atoms with Crippen molar-refractivity contribution in [3.05, 3.63) is 71.5 Å². The van der Waals surface area contributed by atoms with Gasteiger partial charge in [0.2, 0.25) is 5.91 Å². The van der Waals surface area contributed by atoms with Gasteiger partial charge in [-0.25, -0.2) is 4.39 Å². The van der Waals surface area contributed by atoms with Crippen LogP contribution in [0.3, 0.4) is 0 Å². The Kier molecular flexibility index (Phi) is 7.10. The van der Waals surface area contributed by atoms with Crippen LogP contribution in [0.4, 0.5) is 4.39 Å². The number of benzene rings is 2. The number of rotatable bonds is 9. The fourth-order valence-electron chi connectivity index (χ4n) is 2.76. The van der Waals surface area contributed by atoms with Crippen LogP contribution in [0, 0.1) is 5.82 Å². The Labute approximate surface area is 148 Å². The molecule has 0 fully saturated rings. The summed E-state index contributed by atoms with van der Waals surface area (Å²) in [5.74, 6) is -0.401. The van der Waals surface area contributed by atoms with Gasteiger partial charge in [-0.1, -0.05) is 49.4 Å². The van der Waals surface area contributed by atoms with Gasteiger partial charge in [0.1, 0.15) is 5.82 Å². The van der Waals surface area contributed by atoms with Crippen LogP contribution in [-0.4, -0.2) is 30.7 Å². The van der Waals surface area contributed by atoms with Crippen LogP contribution in [0.5, 0.6) is 0 Å². The topological polar surface area (TPSA) is 61.4 Å². The number of carbonyl (C=O) groups is 1. The van der Waals surface area contributed by atoms with Crippen LogP contribution in [0.25, 0.3) is 0 Å². The van der Waals surface area contributed by atoms with Crippen LogP contribution in [-0.2, 0) is 16.8 Å². The van der Waals surface area contributed by atoms with E-state index in [2.05, 4.69) is 10.6 Å². The zero-order valence-corrected chi connectivity index (χ0v) is 14.5. The first-order valence-electron chi connectivity index (χ1n) is 8.52. The summed E-state index contributed by atoms with van der Waals surface area (Å²) in [7, 11) is 0. The third-order valence-corrected chi connectivity index (χ3v) is 4.44. The van der Waals surface area contributed by atoms with Gasteiger partial charge in [-0.05, 0) is 36.1 Å². The zero-order chi connectivity index (χ0) is 18.1. The number of hydrogen-bond acceptors (Lipinski definition) is 3. The minimum Gasteiger partial charge on any atom is -0.394 e. The molecule has 1 atom stereocenters. The summed E-state index contributed by atoms with van der Waals surface area (Å²) in [6.07, 6.45) is 1.31. The predicted octanol–water partition coefficient (Wildman–Crippen LogP) is 2.37. The molecular formula is C20H25FN2O2. The number of carbonyl (C=O) groups excluding carboxylic acids is 1. The molecule has 0 radical (unpaired) electrons. The number of nitrogens with one attached hydrogen (secondary N) is 2. The molecule has 0 aliphatic rings. The van der Waals surface area contributed by atoms with Gasteiger partial charge in [0.25, 0.3) is 0 Å². The van der Waals surface area contributed by atoms with Gasteiger partial charge in [0.05, 0.1) is 18.7 Å². The molecule has 0 aromatic heterocycles. The highest BCUT2D eigenvalue weighted by Gasteiger charge is 2.29. The highest BCUT2D eigenvalue weighted by molar-refractivity contribution is 5.78. The lowest BCUT2D eigenvalue weighted by atomic mass is 9.88. The molecule has 4 nitrogen and oxygen atoms in total. The normalized spacial score (nSPS) is 13.2. The van der Waals surface area contributed by atoms with Gasteiger partial charge in [-0.15, -0.1) is 0 Å². The zero-order valence-electron chi connectivity index (χ0n) is 14.5. The van der Waals surface area contributed by atoms with E-state index in [0.29, 0.717) is 19.4 Å². The summed E-state index contributed by atoms with van der Waals surface area (Å²) >= 11 is 0. The van der Waals surface area contributed by atoms with Crippen molar-refractivity contribution in [1.82, 2.24) is 10.6 Å². The van der Waals surface area contributed by atoms with Gasteiger partial charge in [-0.3, -0.25) is 10.1 Å². The molecule has 0 aliphatic heterocycles. The van der Waals surface area contributed by atoms with E-state index in [1.807, 2.05) is 37.3 Å². The Balaban J connectivity index is 1.84. The van der Waals surface area contributed by atoms with Crippen molar-refractivity contribution in [2.45, 2.75) is 25.3 Å². The smallest absolute Gasteiger partial charge is 0.233 e. The van der Waals surface area contributed by atoms with Crippen molar-refractivity contribution in [1.29, 1.82) is 0 Å². The summed E-state index contributed by atoms with van der Waals surface area (Å²) in [5.41, 5.74) is 1.30. The van der Waals surface area contributed by atoms with Crippen LogP contribution < -0.4 is 10.6 Å². The second-order valence-corrected chi connectivity index (χ2v) is 6.04. The predicted molar refractivity (Wildman–Crippen MR) is 96.6 cm³/mol. The Hall–Kier alpha value is -2.24. The van der Waals surface area contributed by atoms with Crippen LogP contribution >= 0.6 is 0 Å². The van der Waals surface area contributed by atoms with E-state index in [4.69, 9.17) is 0 Å². The molecular weight excluding hydrogens is 319 g/mol. The van der Waals surface area contributed by atoms with Crippen molar-refractivity contribution in [3.8, 4) is 0 Å². The molecule has 0 bridgehead atoms. The van der Waals surface area contributed by atoms with E-state index in [9.17, 15) is 14.3 Å². The van der Waals surface area contributed by atoms with Crippen LogP contribution in [0.1, 0.15) is 24.5 Å². The van der Waals surface area contributed by atoms with Gasteiger partial charge in [-0.2, -0.15) is 0 Å². The van der Waals surface area contributed by atoms with E-state index in [-0.39, 0.29) is 24.9 Å². The molecule has 5 heteroatoms. The molecule has 0 saturated carbocycles. The Bertz CT molecular complexity index is 655. The lowest BCUT2D eigenvalue weighted by molar-refractivity contribution is -0.120. The van der Waals surface area contributed by atoms with Crippen molar-refractivity contribution >= 4 is 5.91 Å². The quantitative estimate of drug-likeness (QED) is 0.654. The van der Waals surface area contributed by atoms with Gasteiger partial charge in [0, 0.05) is 6.54 Å². The van der Waals surface area contributed by atoms with E-state index < -0.39 is 5.54 Å². The van der Waals surface area contributed by atoms with Crippen LogP contribution in [0.2, 0.25) is 0 Å². The number of aliphatic hydroxyl groups excluding tert-OH is 1. The van der Waals surface area contributed by atoms with Crippen molar-refractivity contribution in [3.63, 3.8) is 0 Å². The minimum absolute atomic E-state index is 0.0869. The average molecular weight is 344 g/mol. The summed E-state index contributed by atoms with van der Waals surface area (Å²) in [5, 5.41) is 15.9. The molecule has 0 spiro atoms. The maximum absolute atomic E-state index is 12.9. The number of hydrogen-bond donors (Lipinski definition) is 3.